The zero-order valence-corrected chi connectivity index (χ0v) is 11.9. The van der Waals surface area contributed by atoms with E-state index in [0.29, 0.717) is 10.6 Å². The van der Waals surface area contributed by atoms with E-state index in [9.17, 15) is 9.18 Å². The number of thioether (sulfide) groups is 1. The van der Waals surface area contributed by atoms with Crippen LogP contribution in [-0.4, -0.2) is 13.1 Å². The average molecular weight is 281 g/mol. The van der Waals surface area contributed by atoms with Crippen molar-refractivity contribution in [1.29, 1.82) is 0 Å². The van der Waals surface area contributed by atoms with E-state index < -0.39 is 11.8 Å². The first-order valence-electron chi connectivity index (χ1n) is 5.67. The van der Waals surface area contributed by atoms with Crippen LogP contribution in [-0.2, 0) is 4.74 Å². The number of hydrogen-bond acceptors (Lipinski definition) is 4. The number of rotatable bonds is 4. The third kappa shape index (κ3) is 3.86. The fraction of sp³-hybridized carbons (Fsp3) is 0.214. The first kappa shape index (κ1) is 15.3. The van der Waals surface area contributed by atoms with Crippen LogP contribution in [0.1, 0.15) is 24.2 Å². The lowest BCUT2D eigenvalue weighted by Crippen LogP contribution is -2.05. The Kier molecular flexibility index (Phi) is 5.63. The van der Waals surface area contributed by atoms with E-state index in [2.05, 4.69) is 4.74 Å². The van der Waals surface area contributed by atoms with Crippen LogP contribution in [0.4, 0.5) is 4.39 Å². The normalized spacial score (nSPS) is 12.4. The predicted molar refractivity (Wildman–Crippen MR) is 75.3 cm³/mol. The van der Waals surface area contributed by atoms with Gasteiger partial charge in [0.25, 0.3) is 0 Å². The molecule has 0 atom stereocenters. The monoisotopic (exact) mass is 281 g/mol. The maximum Gasteiger partial charge on any atom is 0.339 e. The van der Waals surface area contributed by atoms with Gasteiger partial charge in [0.05, 0.1) is 12.7 Å². The molecule has 0 aliphatic carbocycles. The number of methoxy groups -OCH3 is 1. The highest BCUT2D eigenvalue weighted by atomic mass is 32.2. The number of benzene rings is 1. The van der Waals surface area contributed by atoms with Crippen LogP contribution >= 0.6 is 11.8 Å². The molecule has 0 heterocycles. The van der Waals surface area contributed by atoms with E-state index in [4.69, 9.17) is 5.73 Å². The van der Waals surface area contributed by atoms with Crippen molar-refractivity contribution in [3.05, 3.63) is 52.3 Å². The Morgan fingerprint density at radius 1 is 1.37 bits per heavy atom. The van der Waals surface area contributed by atoms with E-state index in [-0.39, 0.29) is 5.56 Å². The molecule has 0 saturated carbocycles. The summed E-state index contributed by atoms with van der Waals surface area (Å²) in [4.78, 5) is 13.0. The van der Waals surface area contributed by atoms with Crippen LogP contribution < -0.4 is 5.73 Å². The molecule has 0 radical (unpaired) electrons. The molecule has 0 bridgehead atoms. The highest BCUT2D eigenvalue weighted by Crippen LogP contribution is 2.33. The Balaban J connectivity index is 3.17. The molecule has 0 aromatic heterocycles. The van der Waals surface area contributed by atoms with Crippen molar-refractivity contribution in [2.75, 3.05) is 7.11 Å². The van der Waals surface area contributed by atoms with E-state index in [1.54, 1.807) is 12.1 Å². The highest BCUT2D eigenvalue weighted by molar-refractivity contribution is 8.03. The number of halogens is 1. The minimum absolute atomic E-state index is 0.191. The highest BCUT2D eigenvalue weighted by Gasteiger charge is 2.15. The van der Waals surface area contributed by atoms with E-state index in [1.807, 2.05) is 19.9 Å². The lowest BCUT2D eigenvalue weighted by Gasteiger charge is -2.10. The molecule has 19 heavy (non-hydrogen) atoms. The van der Waals surface area contributed by atoms with Crippen molar-refractivity contribution in [1.82, 2.24) is 0 Å². The lowest BCUT2D eigenvalue weighted by molar-refractivity contribution is 0.0596. The van der Waals surface area contributed by atoms with Crippen LogP contribution in [0.5, 0.6) is 0 Å². The Morgan fingerprint density at radius 2 is 2.05 bits per heavy atom. The molecule has 0 saturated heterocycles. The number of allylic oxidation sites excluding steroid dienone is 2. The number of carbonyl (C=O) groups excluding carboxylic acids is 1. The molecule has 0 unspecified atom stereocenters. The number of ether oxygens (including phenoxy) is 1. The molecule has 1 aromatic carbocycles. The van der Waals surface area contributed by atoms with Crippen molar-refractivity contribution in [2.45, 2.75) is 18.7 Å². The smallest absolute Gasteiger partial charge is 0.339 e. The quantitative estimate of drug-likeness (QED) is 0.521. The molecule has 1 rings (SSSR count). The molecular formula is C14H16FNO2S. The fourth-order valence-corrected chi connectivity index (χ4v) is 2.38. The fourth-order valence-electron chi connectivity index (χ4n) is 1.41. The summed E-state index contributed by atoms with van der Waals surface area (Å²) in [7, 11) is 1.26. The minimum atomic E-state index is -0.573. The van der Waals surface area contributed by atoms with Crippen molar-refractivity contribution in [2.24, 2.45) is 5.73 Å². The van der Waals surface area contributed by atoms with Crippen molar-refractivity contribution >= 4 is 17.7 Å². The summed E-state index contributed by atoms with van der Waals surface area (Å²) in [6.07, 6.45) is 3.61. The third-order valence-corrected chi connectivity index (χ3v) is 3.69. The number of carbonyl (C=O) groups is 1. The zero-order chi connectivity index (χ0) is 14.4. The van der Waals surface area contributed by atoms with Gasteiger partial charge < -0.3 is 10.5 Å². The van der Waals surface area contributed by atoms with Gasteiger partial charge in [-0.05, 0) is 32.0 Å². The number of nitrogens with two attached hydrogens (primary N) is 1. The van der Waals surface area contributed by atoms with Crippen molar-refractivity contribution in [3.8, 4) is 0 Å². The second-order valence-electron chi connectivity index (χ2n) is 3.63. The molecule has 0 aliphatic rings. The topological polar surface area (TPSA) is 52.3 Å². The third-order valence-electron chi connectivity index (χ3n) is 2.42. The molecule has 3 nitrogen and oxygen atoms in total. The van der Waals surface area contributed by atoms with Crippen LogP contribution in [0, 0.1) is 5.82 Å². The summed E-state index contributed by atoms with van der Waals surface area (Å²) in [6, 6.07) is 4.00. The Labute approximate surface area is 116 Å². The summed E-state index contributed by atoms with van der Waals surface area (Å²) in [5.41, 5.74) is 6.64. The molecule has 102 valence electrons. The summed E-state index contributed by atoms with van der Waals surface area (Å²) in [5, 5.41) is 0. The summed E-state index contributed by atoms with van der Waals surface area (Å²) < 4.78 is 17.9. The average Bonchev–Trinajstić information content (AvgIpc) is 2.44. The molecule has 0 spiro atoms. The number of esters is 1. The predicted octanol–water partition coefficient (Wildman–Crippen LogP) is 3.47. The van der Waals surface area contributed by atoms with Gasteiger partial charge >= 0.3 is 5.97 Å². The molecular weight excluding hydrogens is 265 g/mol. The first-order valence-corrected chi connectivity index (χ1v) is 6.49. The van der Waals surface area contributed by atoms with Crippen LogP contribution in [0.2, 0.25) is 0 Å². The van der Waals surface area contributed by atoms with Crippen LogP contribution in [0.3, 0.4) is 0 Å². The van der Waals surface area contributed by atoms with Crippen LogP contribution in [0.25, 0.3) is 0 Å². The number of hydrogen-bond donors (Lipinski definition) is 1. The van der Waals surface area contributed by atoms with Gasteiger partial charge in [0.2, 0.25) is 0 Å². The lowest BCUT2D eigenvalue weighted by atomic mass is 10.2. The molecule has 0 fully saturated rings. The van der Waals surface area contributed by atoms with Gasteiger partial charge in [-0.2, -0.15) is 0 Å². The molecule has 0 aliphatic heterocycles. The maximum atomic E-state index is 13.2. The maximum absolute atomic E-state index is 13.2. The van der Waals surface area contributed by atoms with Gasteiger partial charge in [0.15, 0.2) is 0 Å². The SMILES string of the molecule is C/C=C(N)\C(=C/C)Sc1ccc(F)cc1C(=O)OC. The Bertz CT molecular complexity index is 538. The van der Waals surface area contributed by atoms with Gasteiger partial charge in [-0.1, -0.05) is 23.9 Å². The Morgan fingerprint density at radius 3 is 2.58 bits per heavy atom. The van der Waals surface area contributed by atoms with Crippen LogP contribution in [0.15, 0.2) is 45.8 Å². The summed E-state index contributed by atoms with van der Waals surface area (Å²) in [6.45, 7) is 3.67. The Hall–Kier alpha value is -1.75. The molecule has 5 heteroatoms. The first-order chi connectivity index (χ1) is 9.03. The largest absolute Gasteiger partial charge is 0.465 e. The van der Waals surface area contributed by atoms with Gasteiger partial charge in [-0.3, -0.25) is 0 Å². The van der Waals surface area contributed by atoms with E-state index in [0.717, 1.165) is 11.0 Å². The van der Waals surface area contributed by atoms with Gasteiger partial charge in [0.1, 0.15) is 5.82 Å². The van der Waals surface area contributed by atoms with Gasteiger partial charge in [-0.15, -0.1) is 0 Å². The molecule has 0 amide bonds. The second kappa shape index (κ2) is 6.99. The second-order valence-corrected chi connectivity index (χ2v) is 4.71. The van der Waals surface area contributed by atoms with Crippen molar-refractivity contribution in [3.63, 3.8) is 0 Å². The molecule has 2 N–H and O–H groups in total. The van der Waals surface area contributed by atoms with Crippen molar-refractivity contribution < 1.29 is 13.9 Å². The summed E-state index contributed by atoms with van der Waals surface area (Å²) >= 11 is 1.30. The van der Waals surface area contributed by atoms with E-state index in [1.165, 1.54) is 24.9 Å². The van der Waals surface area contributed by atoms with Gasteiger partial charge in [-0.25, -0.2) is 9.18 Å². The van der Waals surface area contributed by atoms with E-state index >= 15 is 0 Å². The minimum Gasteiger partial charge on any atom is -0.465 e. The summed E-state index contributed by atoms with van der Waals surface area (Å²) in [5.74, 6) is -1.05. The zero-order valence-electron chi connectivity index (χ0n) is 11.1. The van der Waals surface area contributed by atoms with Gasteiger partial charge in [0, 0.05) is 15.5 Å². The standard InChI is InChI=1S/C14H16FNO2S/c1-4-11(16)12(5-2)19-13-7-6-9(15)8-10(13)14(17)18-3/h4-8H,16H2,1-3H3/b11-4+,12-5+. The molecule has 1 aromatic rings.